The second kappa shape index (κ2) is 7.74. The minimum Gasteiger partial charge on any atom is -0.409 e. The van der Waals surface area contributed by atoms with E-state index >= 15 is 0 Å². The Morgan fingerprint density at radius 3 is 2.89 bits per heavy atom. The zero-order valence-electron chi connectivity index (χ0n) is 11.4. The molecule has 4 nitrogen and oxygen atoms in total. The van der Waals surface area contributed by atoms with Crippen LogP contribution in [0.2, 0.25) is 0 Å². The predicted octanol–water partition coefficient (Wildman–Crippen LogP) is 2.87. The highest BCUT2D eigenvalue weighted by molar-refractivity contribution is 5.97. The summed E-state index contributed by atoms with van der Waals surface area (Å²) in [5.41, 5.74) is 5.90. The molecule has 0 heterocycles. The quantitative estimate of drug-likeness (QED) is 0.346. The van der Waals surface area contributed by atoms with Crippen LogP contribution in [0.5, 0.6) is 0 Å². The van der Waals surface area contributed by atoms with Crippen LogP contribution in [-0.4, -0.2) is 17.6 Å². The maximum Gasteiger partial charge on any atom is 0.173 e. The Hall–Kier alpha value is -1.62. The summed E-state index contributed by atoms with van der Waals surface area (Å²) in [6.07, 6.45) is 2.20. The maximum atomic E-state index is 14.0. The Bertz CT molecular complexity index is 435. The lowest BCUT2D eigenvalue weighted by molar-refractivity contribution is 0.0874. The van der Waals surface area contributed by atoms with Crippen molar-refractivity contribution in [2.24, 2.45) is 16.8 Å². The van der Waals surface area contributed by atoms with Gasteiger partial charge in [0.1, 0.15) is 5.82 Å². The largest absolute Gasteiger partial charge is 0.409 e. The van der Waals surface area contributed by atoms with Crippen molar-refractivity contribution >= 4 is 5.84 Å². The van der Waals surface area contributed by atoms with Crippen LogP contribution in [0, 0.1) is 11.7 Å². The summed E-state index contributed by atoms with van der Waals surface area (Å²) in [5.74, 6) is -0.278. The Labute approximate surface area is 113 Å². The van der Waals surface area contributed by atoms with Gasteiger partial charge in [-0.2, -0.15) is 0 Å². The molecule has 3 N–H and O–H groups in total. The fourth-order valence-corrected chi connectivity index (χ4v) is 1.89. The van der Waals surface area contributed by atoms with Gasteiger partial charge in [-0.25, -0.2) is 4.39 Å². The number of amidine groups is 1. The summed E-state index contributed by atoms with van der Waals surface area (Å²) in [5, 5.41) is 11.4. The second-order valence-electron chi connectivity index (χ2n) is 4.67. The fourth-order valence-electron chi connectivity index (χ4n) is 1.89. The van der Waals surface area contributed by atoms with E-state index in [4.69, 9.17) is 15.7 Å². The third kappa shape index (κ3) is 4.52. The molecule has 19 heavy (non-hydrogen) atoms. The van der Waals surface area contributed by atoms with Crippen LogP contribution < -0.4 is 5.73 Å². The van der Waals surface area contributed by atoms with Crippen LogP contribution >= 0.6 is 0 Å². The molecule has 0 aromatic heterocycles. The molecule has 0 aliphatic rings. The lowest BCUT2D eigenvalue weighted by Gasteiger charge is -2.12. The van der Waals surface area contributed by atoms with E-state index in [1.54, 1.807) is 12.1 Å². The van der Waals surface area contributed by atoms with E-state index in [1.165, 1.54) is 6.07 Å². The number of hydrogen-bond donors (Lipinski definition) is 2. The summed E-state index contributed by atoms with van der Waals surface area (Å²) >= 11 is 0. The van der Waals surface area contributed by atoms with Gasteiger partial charge in [-0.3, -0.25) is 0 Å². The lowest BCUT2D eigenvalue weighted by atomic mass is 10.1. The van der Waals surface area contributed by atoms with Crippen LogP contribution in [0.1, 0.15) is 37.8 Å². The van der Waals surface area contributed by atoms with E-state index in [0.717, 1.165) is 12.8 Å². The molecule has 106 valence electrons. The van der Waals surface area contributed by atoms with Crippen LogP contribution in [0.15, 0.2) is 23.4 Å². The van der Waals surface area contributed by atoms with Crippen molar-refractivity contribution in [3.8, 4) is 0 Å². The number of nitrogens with two attached hydrogens (primary N) is 1. The molecule has 0 saturated carbocycles. The first-order valence-corrected chi connectivity index (χ1v) is 6.43. The first kappa shape index (κ1) is 15.4. The van der Waals surface area contributed by atoms with E-state index in [0.29, 0.717) is 18.1 Å². The fraction of sp³-hybridized carbons (Fsp3) is 0.500. The maximum absolute atomic E-state index is 14.0. The molecule has 0 aliphatic heterocycles. The first-order valence-electron chi connectivity index (χ1n) is 6.43. The minimum absolute atomic E-state index is 0.0882. The molecule has 1 aromatic carbocycles. The van der Waals surface area contributed by atoms with Crippen LogP contribution in [0.3, 0.4) is 0 Å². The summed E-state index contributed by atoms with van der Waals surface area (Å²) in [7, 11) is 0. The van der Waals surface area contributed by atoms with Crippen LogP contribution in [-0.2, 0) is 11.3 Å². The van der Waals surface area contributed by atoms with Gasteiger partial charge in [0.2, 0.25) is 0 Å². The zero-order chi connectivity index (χ0) is 14.3. The van der Waals surface area contributed by atoms with Crippen molar-refractivity contribution in [1.82, 2.24) is 0 Å². The summed E-state index contributed by atoms with van der Waals surface area (Å²) in [6.45, 7) is 5.01. The van der Waals surface area contributed by atoms with Gasteiger partial charge in [0.05, 0.1) is 12.2 Å². The second-order valence-corrected chi connectivity index (χ2v) is 4.67. The van der Waals surface area contributed by atoms with Crippen molar-refractivity contribution in [2.75, 3.05) is 6.61 Å². The molecular weight excluding hydrogens is 247 g/mol. The van der Waals surface area contributed by atoms with E-state index in [9.17, 15) is 4.39 Å². The van der Waals surface area contributed by atoms with Gasteiger partial charge in [0, 0.05) is 12.2 Å². The highest BCUT2D eigenvalue weighted by Gasteiger charge is 2.11. The molecule has 1 atom stereocenters. The monoisotopic (exact) mass is 268 g/mol. The third-order valence-corrected chi connectivity index (χ3v) is 2.90. The van der Waals surface area contributed by atoms with E-state index in [2.05, 4.69) is 19.0 Å². The van der Waals surface area contributed by atoms with Gasteiger partial charge in [-0.1, -0.05) is 37.6 Å². The lowest BCUT2D eigenvalue weighted by Crippen LogP contribution is -2.16. The average molecular weight is 268 g/mol. The highest BCUT2D eigenvalue weighted by Crippen LogP contribution is 2.15. The topological polar surface area (TPSA) is 67.8 Å². The average Bonchev–Trinajstić information content (AvgIpc) is 2.40. The summed E-state index contributed by atoms with van der Waals surface area (Å²) in [4.78, 5) is 0. The Balaban J connectivity index is 2.64. The third-order valence-electron chi connectivity index (χ3n) is 2.90. The van der Waals surface area contributed by atoms with Crippen molar-refractivity contribution < 1.29 is 14.3 Å². The molecule has 5 heteroatoms. The smallest absolute Gasteiger partial charge is 0.173 e. The molecule has 0 saturated heterocycles. The van der Waals surface area contributed by atoms with Crippen molar-refractivity contribution in [1.29, 1.82) is 0 Å². The van der Waals surface area contributed by atoms with E-state index in [-0.39, 0.29) is 18.0 Å². The predicted molar refractivity (Wildman–Crippen MR) is 72.6 cm³/mol. The number of benzene rings is 1. The number of rotatable bonds is 7. The van der Waals surface area contributed by atoms with Crippen LogP contribution in [0.4, 0.5) is 4.39 Å². The number of oxime groups is 1. The summed E-state index contributed by atoms with van der Waals surface area (Å²) in [6, 6.07) is 4.76. The van der Waals surface area contributed by atoms with Crippen molar-refractivity contribution in [3.05, 3.63) is 35.1 Å². The minimum atomic E-state index is -0.499. The molecule has 1 rings (SSSR count). The van der Waals surface area contributed by atoms with Crippen molar-refractivity contribution in [3.63, 3.8) is 0 Å². The van der Waals surface area contributed by atoms with Gasteiger partial charge in [-0.05, 0) is 18.4 Å². The van der Waals surface area contributed by atoms with E-state index < -0.39 is 5.82 Å². The molecule has 0 fully saturated rings. The van der Waals surface area contributed by atoms with Crippen LogP contribution in [0.25, 0.3) is 0 Å². The molecule has 0 amide bonds. The Kier molecular flexibility index (Phi) is 6.29. The van der Waals surface area contributed by atoms with Gasteiger partial charge in [0.15, 0.2) is 5.84 Å². The number of nitrogens with zero attached hydrogens (tertiary/aromatic N) is 1. The summed E-state index contributed by atoms with van der Waals surface area (Å²) < 4.78 is 19.5. The molecule has 0 spiro atoms. The number of ether oxygens (including phenoxy) is 1. The molecule has 0 bridgehead atoms. The van der Waals surface area contributed by atoms with Gasteiger partial charge < -0.3 is 15.7 Å². The normalized spacial score (nSPS) is 13.5. The SMILES string of the molecule is CCCC(C)COCc1cccc(/C(N)=N/O)c1F. The number of hydrogen-bond acceptors (Lipinski definition) is 3. The standard InChI is InChI=1S/C14H21FN2O2/c1-3-5-10(2)8-19-9-11-6-4-7-12(13(11)15)14(16)17-18/h4,6-7,10,18H,3,5,8-9H2,1-2H3,(H2,16,17). The highest BCUT2D eigenvalue weighted by atomic mass is 19.1. The molecule has 1 aromatic rings. The van der Waals surface area contributed by atoms with Crippen molar-refractivity contribution in [2.45, 2.75) is 33.3 Å². The van der Waals surface area contributed by atoms with Gasteiger partial charge in [-0.15, -0.1) is 0 Å². The zero-order valence-corrected chi connectivity index (χ0v) is 11.4. The van der Waals surface area contributed by atoms with E-state index in [1.807, 2.05) is 0 Å². The molecule has 0 radical (unpaired) electrons. The van der Waals surface area contributed by atoms with Gasteiger partial charge >= 0.3 is 0 Å². The Morgan fingerprint density at radius 2 is 2.26 bits per heavy atom. The van der Waals surface area contributed by atoms with Gasteiger partial charge in [0.25, 0.3) is 0 Å². The first-order chi connectivity index (χ1) is 9.10. The molecule has 0 aliphatic carbocycles. The molecule has 1 unspecified atom stereocenters. The number of halogens is 1. The Morgan fingerprint density at radius 1 is 1.53 bits per heavy atom. The molecular formula is C14H21FN2O2.